The number of hydrogen-bond acceptors (Lipinski definition) is 6. The number of hydrogen-bond donors (Lipinski definition) is 1. The molecule has 0 amide bonds. The Morgan fingerprint density at radius 3 is 3.00 bits per heavy atom. The van der Waals surface area contributed by atoms with E-state index in [4.69, 9.17) is 21.1 Å². The van der Waals surface area contributed by atoms with Crippen LogP contribution in [-0.4, -0.2) is 34.7 Å². The molecule has 0 radical (unpaired) electrons. The fourth-order valence-corrected chi connectivity index (χ4v) is 2.23. The molecule has 104 valence electrons. The van der Waals surface area contributed by atoms with E-state index in [0.717, 1.165) is 12.2 Å². The first-order valence-corrected chi connectivity index (χ1v) is 6.56. The summed E-state index contributed by atoms with van der Waals surface area (Å²) in [5.74, 6) is 1.31. The molecular weight excluding hydrogens is 280 g/mol. The van der Waals surface area contributed by atoms with Crippen molar-refractivity contribution in [3.05, 3.63) is 35.1 Å². The molecule has 0 saturated carbocycles. The highest BCUT2D eigenvalue weighted by Gasteiger charge is 2.22. The summed E-state index contributed by atoms with van der Waals surface area (Å²) in [7, 11) is 1.48. The van der Waals surface area contributed by atoms with Gasteiger partial charge in [0.2, 0.25) is 11.2 Å². The monoisotopic (exact) mass is 292 g/mol. The lowest BCUT2D eigenvalue weighted by molar-refractivity contribution is 0.246. The van der Waals surface area contributed by atoms with Crippen LogP contribution in [-0.2, 0) is 6.42 Å². The third kappa shape index (κ3) is 2.75. The fraction of sp³-hybridized carbons (Fsp3) is 0.308. The van der Waals surface area contributed by atoms with Crippen molar-refractivity contribution in [2.24, 2.45) is 0 Å². The molecule has 2 heterocycles. The van der Waals surface area contributed by atoms with Crippen molar-refractivity contribution in [1.82, 2.24) is 15.0 Å². The highest BCUT2D eigenvalue weighted by molar-refractivity contribution is 6.28. The number of nitrogens with one attached hydrogen (secondary N) is 1. The van der Waals surface area contributed by atoms with E-state index in [1.807, 2.05) is 18.2 Å². The van der Waals surface area contributed by atoms with Crippen LogP contribution in [0.1, 0.15) is 5.56 Å². The molecule has 0 spiro atoms. The first-order chi connectivity index (χ1) is 9.74. The summed E-state index contributed by atoms with van der Waals surface area (Å²) in [4.78, 5) is 11.9. The molecule has 1 aromatic carbocycles. The number of nitrogens with zero attached hydrogens (tertiary/aromatic N) is 3. The summed E-state index contributed by atoms with van der Waals surface area (Å²) >= 11 is 5.78. The number of rotatable bonds is 4. The molecule has 20 heavy (non-hydrogen) atoms. The molecule has 1 unspecified atom stereocenters. The van der Waals surface area contributed by atoms with E-state index in [-0.39, 0.29) is 17.4 Å². The summed E-state index contributed by atoms with van der Waals surface area (Å²) in [6.07, 6.45) is 0.910. The number of ether oxygens (including phenoxy) is 2. The third-order valence-electron chi connectivity index (χ3n) is 2.97. The van der Waals surface area contributed by atoms with Gasteiger partial charge in [0.25, 0.3) is 0 Å². The van der Waals surface area contributed by atoms with Gasteiger partial charge in [0.15, 0.2) is 0 Å². The van der Waals surface area contributed by atoms with Crippen LogP contribution in [0.5, 0.6) is 11.8 Å². The Morgan fingerprint density at radius 2 is 2.20 bits per heavy atom. The zero-order valence-electron chi connectivity index (χ0n) is 10.8. The van der Waals surface area contributed by atoms with Crippen LogP contribution in [0.15, 0.2) is 24.3 Å². The average molecular weight is 293 g/mol. The predicted octanol–water partition coefficient (Wildman–Crippen LogP) is 1.95. The highest BCUT2D eigenvalue weighted by atomic mass is 35.5. The topological polar surface area (TPSA) is 69.2 Å². The lowest BCUT2D eigenvalue weighted by Crippen LogP contribution is -2.24. The van der Waals surface area contributed by atoms with Crippen molar-refractivity contribution in [2.45, 2.75) is 12.5 Å². The van der Waals surface area contributed by atoms with Crippen molar-refractivity contribution in [2.75, 3.05) is 19.0 Å². The second kappa shape index (κ2) is 5.50. The SMILES string of the molecule is COc1nc(Cl)nc(NCC2Cc3ccccc3O2)n1. The number of para-hydroxylation sites is 1. The van der Waals surface area contributed by atoms with E-state index in [1.54, 1.807) is 0 Å². The van der Waals surface area contributed by atoms with Gasteiger partial charge in [-0.15, -0.1) is 0 Å². The molecule has 3 rings (SSSR count). The number of anilines is 1. The van der Waals surface area contributed by atoms with Crippen LogP contribution in [0.4, 0.5) is 5.95 Å². The van der Waals surface area contributed by atoms with Gasteiger partial charge in [-0.25, -0.2) is 0 Å². The summed E-state index contributed by atoms with van der Waals surface area (Å²) in [5.41, 5.74) is 1.21. The van der Waals surface area contributed by atoms with E-state index in [0.29, 0.717) is 12.5 Å². The van der Waals surface area contributed by atoms with Crippen LogP contribution in [0, 0.1) is 0 Å². The summed E-state index contributed by atoms with van der Waals surface area (Å²) < 4.78 is 10.8. The normalized spacial score (nSPS) is 16.4. The second-order valence-electron chi connectivity index (χ2n) is 4.35. The minimum absolute atomic E-state index is 0.0499. The second-order valence-corrected chi connectivity index (χ2v) is 4.69. The lowest BCUT2D eigenvalue weighted by atomic mass is 10.1. The zero-order chi connectivity index (χ0) is 13.9. The molecular formula is C13H13ClN4O2. The molecule has 0 bridgehead atoms. The minimum atomic E-state index is 0.0499. The third-order valence-corrected chi connectivity index (χ3v) is 3.14. The lowest BCUT2D eigenvalue weighted by Gasteiger charge is -2.12. The maximum Gasteiger partial charge on any atom is 0.322 e. The van der Waals surface area contributed by atoms with Crippen LogP contribution in [0.3, 0.4) is 0 Å². The van der Waals surface area contributed by atoms with E-state index >= 15 is 0 Å². The van der Waals surface area contributed by atoms with Crippen molar-refractivity contribution in [3.63, 3.8) is 0 Å². The summed E-state index contributed by atoms with van der Waals surface area (Å²) in [6, 6.07) is 8.19. The van der Waals surface area contributed by atoms with E-state index in [1.165, 1.54) is 12.7 Å². The molecule has 1 aliphatic rings. The fourth-order valence-electron chi connectivity index (χ4n) is 2.08. The van der Waals surface area contributed by atoms with E-state index in [2.05, 4.69) is 26.3 Å². The van der Waals surface area contributed by atoms with Gasteiger partial charge in [0, 0.05) is 6.42 Å². The molecule has 0 saturated heterocycles. The molecule has 1 aromatic heterocycles. The molecule has 0 fully saturated rings. The Balaban J connectivity index is 1.63. The van der Waals surface area contributed by atoms with Crippen LogP contribution in [0.2, 0.25) is 5.28 Å². The van der Waals surface area contributed by atoms with Gasteiger partial charge in [0.1, 0.15) is 11.9 Å². The van der Waals surface area contributed by atoms with Crippen LogP contribution >= 0.6 is 11.6 Å². The van der Waals surface area contributed by atoms with Gasteiger partial charge in [0.05, 0.1) is 13.7 Å². The molecule has 2 aromatic rings. The first-order valence-electron chi connectivity index (χ1n) is 6.18. The van der Waals surface area contributed by atoms with Crippen molar-refractivity contribution < 1.29 is 9.47 Å². The van der Waals surface area contributed by atoms with Crippen LogP contribution in [0.25, 0.3) is 0 Å². The number of halogens is 1. The zero-order valence-corrected chi connectivity index (χ0v) is 11.6. The maximum atomic E-state index is 5.82. The first kappa shape index (κ1) is 12.9. The molecule has 1 N–H and O–H groups in total. The molecule has 6 nitrogen and oxygen atoms in total. The minimum Gasteiger partial charge on any atom is -0.488 e. The van der Waals surface area contributed by atoms with Gasteiger partial charge >= 0.3 is 6.01 Å². The van der Waals surface area contributed by atoms with Crippen molar-refractivity contribution in [3.8, 4) is 11.8 Å². The highest BCUT2D eigenvalue weighted by Crippen LogP contribution is 2.28. The Labute approximate surface area is 121 Å². The average Bonchev–Trinajstić information content (AvgIpc) is 2.87. The number of methoxy groups -OCH3 is 1. The Bertz CT molecular complexity index is 598. The van der Waals surface area contributed by atoms with E-state index < -0.39 is 0 Å². The number of benzene rings is 1. The maximum absolute atomic E-state index is 5.82. The largest absolute Gasteiger partial charge is 0.488 e. The number of aromatic nitrogens is 3. The quantitative estimate of drug-likeness (QED) is 0.929. The summed E-state index contributed by atoms with van der Waals surface area (Å²) in [5, 5.41) is 3.18. The van der Waals surface area contributed by atoms with Crippen molar-refractivity contribution in [1.29, 1.82) is 0 Å². The van der Waals surface area contributed by atoms with Gasteiger partial charge in [-0.2, -0.15) is 15.0 Å². The molecule has 1 aliphatic heterocycles. The standard InChI is InChI=1S/C13H13ClN4O2/c1-19-13-17-11(14)16-12(18-13)15-7-9-6-8-4-2-3-5-10(8)20-9/h2-5,9H,6-7H2,1H3,(H,15,16,17,18). The Kier molecular flexibility index (Phi) is 3.56. The van der Waals surface area contributed by atoms with Crippen molar-refractivity contribution >= 4 is 17.5 Å². The molecule has 0 aliphatic carbocycles. The molecule has 7 heteroatoms. The number of fused-ring (bicyclic) bond motifs is 1. The summed E-state index contributed by atoms with van der Waals surface area (Å²) in [6.45, 7) is 0.582. The smallest absolute Gasteiger partial charge is 0.322 e. The van der Waals surface area contributed by atoms with Crippen LogP contribution < -0.4 is 14.8 Å². The Morgan fingerprint density at radius 1 is 1.35 bits per heavy atom. The van der Waals surface area contributed by atoms with Gasteiger partial charge < -0.3 is 14.8 Å². The van der Waals surface area contributed by atoms with Gasteiger partial charge in [-0.1, -0.05) is 18.2 Å². The van der Waals surface area contributed by atoms with E-state index in [9.17, 15) is 0 Å². The van der Waals surface area contributed by atoms with Gasteiger partial charge in [-0.3, -0.25) is 0 Å². The predicted molar refractivity (Wildman–Crippen MR) is 74.4 cm³/mol. The Hall–Kier alpha value is -2.08. The molecule has 1 atom stereocenters. The van der Waals surface area contributed by atoms with Gasteiger partial charge in [-0.05, 0) is 23.2 Å².